The summed E-state index contributed by atoms with van der Waals surface area (Å²) in [5.74, 6) is -3.22. The van der Waals surface area contributed by atoms with Gasteiger partial charge >= 0.3 is 11.9 Å². The molecule has 0 aromatic carbocycles. The SMILES string of the molecule is CCCCCCCCCCCCCC(C(=O)O)=C(CCCS(=O)(=O)O)C(=O)O. The van der Waals surface area contributed by atoms with Gasteiger partial charge in [-0.05, 0) is 25.7 Å². The summed E-state index contributed by atoms with van der Waals surface area (Å²) in [5.41, 5.74) is -0.443. The first kappa shape index (κ1) is 26.6. The molecule has 0 unspecified atom stereocenters. The topological polar surface area (TPSA) is 129 Å². The van der Waals surface area contributed by atoms with E-state index in [1.165, 1.54) is 44.9 Å². The largest absolute Gasteiger partial charge is 0.478 e. The first-order valence-corrected chi connectivity index (χ1v) is 11.9. The van der Waals surface area contributed by atoms with Crippen LogP contribution in [0.3, 0.4) is 0 Å². The first-order valence-electron chi connectivity index (χ1n) is 10.3. The minimum absolute atomic E-state index is 0.129. The second kappa shape index (κ2) is 15.5. The third-order valence-corrected chi connectivity index (χ3v) is 5.54. The maximum atomic E-state index is 11.4. The van der Waals surface area contributed by atoms with E-state index in [0.717, 1.165) is 19.3 Å². The molecule has 0 radical (unpaired) electrons. The van der Waals surface area contributed by atoms with Crippen LogP contribution in [0.2, 0.25) is 0 Å². The van der Waals surface area contributed by atoms with Gasteiger partial charge in [-0.25, -0.2) is 9.59 Å². The van der Waals surface area contributed by atoms with E-state index in [-0.39, 0.29) is 30.4 Å². The van der Waals surface area contributed by atoms with Crippen LogP contribution in [0.25, 0.3) is 0 Å². The van der Waals surface area contributed by atoms with Gasteiger partial charge in [0.1, 0.15) is 0 Å². The predicted molar refractivity (Wildman–Crippen MR) is 109 cm³/mol. The number of carboxylic acids is 2. The number of carbonyl (C=O) groups is 2. The molecule has 0 saturated carbocycles. The van der Waals surface area contributed by atoms with Gasteiger partial charge in [0.2, 0.25) is 0 Å². The molecular formula is C20H36O7S. The fraction of sp³-hybridized carbons (Fsp3) is 0.800. The molecule has 0 heterocycles. The summed E-state index contributed by atoms with van der Waals surface area (Å²) in [4.78, 5) is 22.8. The molecule has 0 saturated heterocycles. The van der Waals surface area contributed by atoms with E-state index in [1.807, 2.05) is 0 Å². The van der Waals surface area contributed by atoms with E-state index in [0.29, 0.717) is 6.42 Å². The fourth-order valence-electron chi connectivity index (χ4n) is 3.17. The smallest absolute Gasteiger partial charge is 0.332 e. The van der Waals surface area contributed by atoms with Crippen molar-refractivity contribution in [2.24, 2.45) is 0 Å². The monoisotopic (exact) mass is 420 g/mol. The Labute approximate surface area is 169 Å². The van der Waals surface area contributed by atoms with Crippen LogP contribution in [0.15, 0.2) is 11.1 Å². The Morgan fingerprint density at radius 2 is 1.00 bits per heavy atom. The molecule has 0 aliphatic rings. The molecule has 0 aromatic rings. The Bertz CT molecular complexity index is 594. The third-order valence-electron chi connectivity index (χ3n) is 4.74. The van der Waals surface area contributed by atoms with Crippen LogP contribution in [-0.2, 0) is 19.7 Å². The van der Waals surface area contributed by atoms with Crippen molar-refractivity contribution >= 4 is 22.1 Å². The summed E-state index contributed by atoms with van der Waals surface area (Å²) in [7, 11) is -4.19. The van der Waals surface area contributed by atoms with Gasteiger partial charge in [-0.15, -0.1) is 0 Å². The number of rotatable bonds is 18. The van der Waals surface area contributed by atoms with Gasteiger partial charge in [-0.2, -0.15) is 8.42 Å². The average molecular weight is 421 g/mol. The lowest BCUT2D eigenvalue weighted by Crippen LogP contribution is -2.13. The molecule has 8 heteroatoms. The van der Waals surface area contributed by atoms with Gasteiger partial charge in [-0.3, -0.25) is 4.55 Å². The normalized spacial score (nSPS) is 12.6. The van der Waals surface area contributed by atoms with Gasteiger partial charge < -0.3 is 10.2 Å². The summed E-state index contributed by atoms with van der Waals surface area (Å²) < 4.78 is 30.2. The number of hydrogen-bond acceptors (Lipinski definition) is 4. The van der Waals surface area contributed by atoms with E-state index in [1.54, 1.807) is 0 Å². The molecule has 0 fully saturated rings. The molecule has 164 valence electrons. The minimum atomic E-state index is -4.19. The van der Waals surface area contributed by atoms with Gasteiger partial charge in [0.05, 0.1) is 5.75 Å². The van der Waals surface area contributed by atoms with E-state index < -0.39 is 27.8 Å². The lowest BCUT2D eigenvalue weighted by atomic mass is 9.97. The van der Waals surface area contributed by atoms with Crippen LogP contribution in [0.1, 0.15) is 96.8 Å². The zero-order valence-corrected chi connectivity index (χ0v) is 17.8. The standard InChI is InChI=1S/C20H36O7S/c1-2-3-4-5-6-7-8-9-10-11-12-14-17(19(21)22)18(20(23)24)15-13-16-28(25,26)27/h2-16H2,1H3,(H,21,22)(H,23,24)(H,25,26,27). The Balaban J connectivity index is 4.27. The highest BCUT2D eigenvalue weighted by Crippen LogP contribution is 2.20. The number of carboxylic acid groups (broad SMARTS) is 2. The molecule has 0 aromatic heterocycles. The van der Waals surface area contributed by atoms with Gasteiger partial charge in [-0.1, -0.05) is 71.1 Å². The summed E-state index contributed by atoms with van der Waals surface area (Å²) in [6.45, 7) is 2.20. The first-order chi connectivity index (χ1) is 13.2. The number of hydrogen-bond donors (Lipinski definition) is 3. The summed E-state index contributed by atoms with van der Waals surface area (Å²) in [6.07, 6.45) is 12.1. The molecular weight excluding hydrogens is 384 g/mol. The van der Waals surface area contributed by atoms with Crippen molar-refractivity contribution in [2.75, 3.05) is 5.75 Å². The van der Waals surface area contributed by atoms with Crippen molar-refractivity contribution in [1.82, 2.24) is 0 Å². The average Bonchev–Trinajstić information content (AvgIpc) is 2.59. The maximum absolute atomic E-state index is 11.4. The van der Waals surface area contributed by atoms with Crippen molar-refractivity contribution in [3.05, 3.63) is 11.1 Å². The van der Waals surface area contributed by atoms with Crippen molar-refractivity contribution < 1.29 is 32.8 Å². The minimum Gasteiger partial charge on any atom is -0.478 e. The highest BCUT2D eigenvalue weighted by Gasteiger charge is 2.20. The van der Waals surface area contributed by atoms with E-state index >= 15 is 0 Å². The zero-order valence-electron chi connectivity index (χ0n) is 17.0. The number of aliphatic carboxylic acids is 2. The summed E-state index contributed by atoms with van der Waals surface area (Å²) in [6, 6.07) is 0. The molecule has 0 spiro atoms. The van der Waals surface area contributed by atoms with Crippen molar-refractivity contribution in [1.29, 1.82) is 0 Å². The Morgan fingerprint density at radius 3 is 1.36 bits per heavy atom. The van der Waals surface area contributed by atoms with Crippen molar-refractivity contribution in [2.45, 2.75) is 96.8 Å². The van der Waals surface area contributed by atoms with E-state index in [2.05, 4.69) is 6.92 Å². The molecule has 0 bridgehead atoms. The maximum Gasteiger partial charge on any atom is 0.332 e. The van der Waals surface area contributed by atoms with Gasteiger partial charge in [0.25, 0.3) is 10.1 Å². The van der Waals surface area contributed by atoms with Gasteiger partial charge in [0.15, 0.2) is 0 Å². The van der Waals surface area contributed by atoms with E-state index in [4.69, 9.17) is 4.55 Å². The molecule has 0 atom stereocenters. The molecule has 7 nitrogen and oxygen atoms in total. The molecule has 0 aliphatic heterocycles. The molecule has 0 amide bonds. The Hall–Kier alpha value is -1.41. The molecule has 0 aliphatic carbocycles. The van der Waals surface area contributed by atoms with Crippen LogP contribution < -0.4 is 0 Å². The number of unbranched alkanes of at least 4 members (excludes halogenated alkanes) is 10. The second-order valence-electron chi connectivity index (χ2n) is 7.24. The molecule has 28 heavy (non-hydrogen) atoms. The van der Waals surface area contributed by atoms with Crippen LogP contribution in [0, 0.1) is 0 Å². The highest BCUT2D eigenvalue weighted by atomic mass is 32.2. The van der Waals surface area contributed by atoms with Crippen LogP contribution in [0.4, 0.5) is 0 Å². The molecule has 3 N–H and O–H groups in total. The Morgan fingerprint density at radius 1 is 0.643 bits per heavy atom. The van der Waals surface area contributed by atoms with Crippen molar-refractivity contribution in [3.63, 3.8) is 0 Å². The lowest BCUT2D eigenvalue weighted by Gasteiger charge is -2.09. The fourth-order valence-corrected chi connectivity index (χ4v) is 3.68. The summed E-state index contributed by atoms with van der Waals surface area (Å²) in [5, 5.41) is 18.6. The molecule has 0 rings (SSSR count). The zero-order chi connectivity index (χ0) is 21.4. The third kappa shape index (κ3) is 14.6. The summed E-state index contributed by atoms with van der Waals surface area (Å²) >= 11 is 0. The second-order valence-corrected chi connectivity index (χ2v) is 8.81. The van der Waals surface area contributed by atoms with Crippen LogP contribution in [0.5, 0.6) is 0 Å². The lowest BCUT2D eigenvalue weighted by molar-refractivity contribution is -0.136. The van der Waals surface area contributed by atoms with Gasteiger partial charge in [0, 0.05) is 11.1 Å². The van der Waals surface area contributed by atoms with Crippen molar-refractivity contribution in [3.8, 4) is 0 Å². The van der Waals surface area contributed by atoms with Crippen LogP contribution in [-0.4, -0.2) is 40.9 Å². The van der Waals surface area contributed by atoms with Crippen LogP contribution >= 0.6 is 0 Å². The highest BCUT2D eigenvalue weighted by molar-refractivity contribution is 7.85. The quantitative estimate of drug-likeness (QED) is 0.165. The Kier molecular flexibility index (Phi) is 14.7. The van der Waals surface area contributed by atoms with E-state index in [9.17, 15) is 28.2 Å². The predicted octanol–water partition coefficient (Wildman–Crippen LogP) is 4.82.